The SMILES string of the molecule is COc1ccc(/C=N\NC(=O)c2cccc(C)c2)cc1O. The van der Waals surface area contributed by atoms with Gasteiger partial charge in [0.25, 0.3) is 5.91 Å². The molecule has 2 aromatic rings. The smallest absolute Gasteiger partial charge is 0.271 e. The monoisotopic (exact) mass is 284 g/mol. The number of benzene rings is 2. The Kier molecular flexibility index (Phi) is 4.56. The number of amides is 1. The third-order valence-corrected chi connectivity index (χ3v) is 2.86. The molecule has 21 heavy (non-hydrogen) atoms. The fraction of sp³-hybridized carbons (Fsp3) is 0.125. The summed E-state index contributed by atoms with van der Waals surface area (Å²) in [6.07, 6.45) is 1.45. The van der Waals surface area contributed by atoms with Gasteiger partial charge in [0.05, 0.1) is 13.3 Å². The molecule has 2 N–H and O–H groups in total. The molecule has 2 rings (SSSR count). The molecule has 0 saturated heterocycles. The van der Waals surface area contributed by atoms with Crippen molar-refractivity contribution in [2.45, 2.75) is 6.92 Å². The molecule has 0 aliphatic carbocycles. The molecule has 108 valence electrons. The topological polar surface area (TPSA) is 70.9 Å². The maximum atomic E-state index is 11.9. The minimum absolute atomic E-state index is 0.0199. The predicted molar refractivity (Wildman–Crippen MR) is 80.9 cm³/mol. The van der Waals surface area contributed by atoms with E-state index in [1.54, 1.807) is 24.3 Å². The van der Waals surface area contributed by atoms with E-state index in [1.807, 2.05) is 19.1 Å². The number of nitrogens with zero attached hydrogens (tertiary/aromatic N) is 1. The molecule has 0 heterocycles. The molecule has 0 atom stereocenters. The van der Waals surface area contributed by atoms with Gasteiger partial charge in [-0.3, -0.25) is 4.79 Å². The summed E-state index contributed by atoms with van der Waals surface area (Å²) in [5, 5.41) is 13.5. The van der Waals surface area contributed by atoms with Crippen molar-refractivity contribution in [3.63, 3.8) is 0 Å². The number of rotatable bonds is 4. The van der Waals surface area contributed by atoms with Crippen LogP contribution in [-0.4, -0.2) is 24.3 Å². The highest BCUT2D eigenvalue weighted by Crippen LogP contribution is 2.25. The minimum Gasteiger partial charge on any atom is -0.504 e. The summed E-state index contributed by atoms with van der Waals surface area (Å²) in [6.45, 7) is 1.92. The van der Waals surface area contributed by atoms with E-state index in [0.29, 0.717) is 16.9 Å². The molecule has 0 aliphatic rings. The van der Waals surface area contributed by atoms with Crippen LogP contribution < -0.4 is 10.2 Å². The number of hydrazone groups is 1. The summed E-state index contributed by atoms with van der Waals surface area (Å²) < 4.78 is 4.95. The average Bonchev–Trinajstić information content (AvgIpc) is 2.47. The van der Waals surface area contributed by atoms with Gasteiger partial charge in [0, 0.05) is 5.56 Å². The highest BCUT2D eigenvalue weighted by atomic mass is 16.5. The lowest BCUT2D eigenvalue weighted by molar-refractivity contribution is 0.0955. The van der Waals surface area contributed by atoms with Crippen LogP contribution >= 0.6 is 0 Å². The van der Waals surface area contributed by atoms with Gasteiger partial charge in [-0.05, 0) is 42.8 Å². The molecule has 0 aromatic heterocycles. The zero-order valence-electron chi connectivity index (χ0n) is 11.8. The number of carbonyl (C=O) groups is 1. The van der Waals surface area contributed by atoms with Crippen molar-refractivity contribution in [3.8, 4) is 11.5 Å². The van der Waals surface area contributed by atoms with Gasteiger partial charge in [-0.1, -0.05) is 17.7 Å². The third kappa shape index (κ3) is 3.82. The summed E-state index contributed by atoms with van der Waals surface area (Å²) in [5.41, 5.74) is 4.64. The van der Waals surface area contributed by atoms with Crippen LogP contribution in [0.3, 0.4) is 0 Å². The Morgan fingerprint density at radius 3 is 2.76 bits per heavy atom. The number of hydrogen-bond acceptors (Lipinski definition) is 4. The molecule has 1 amide bonds. The van der Waals surface area contributed by atoms with Crippen molar-refractivity contribution in [2.24, 2.45) is 5.10 Å². The first-order chi connectivity index (χ1) is 10.1. The van der Waals surface area contributed by atoms with E-state index in [0.717, 1.165) is 5.56 Å². The maximum absolute atomic E-state index is 11.9. The zero-order chi connectivity index (χ0) is 15.2. The summed E-state index contributed by atoms with van der Waals surface area (Å²) in [6, 6.07) is 12.1. The van der Waals surface area contributed by atoms with E-state index in [-0.39, 0.29) is 11.7 Å². The fourth-order valence-corrected chi connectivity index (χ4v) is 1.80. The van der Waals surface area contributed by atoms with Gasteiger partial charge in [0.1, 0.15) is 0 Å². The number of ether oxygens (including phenoxy) is 1. The molecular formula is C16H16N2O3. The second-order valence-electron chi connectivity index (χ2n) is 4.50. The van der Waals surface area contributed by atoms with E-state index in [4.69, 9.17) is 4.74 Å². The normalized spacial score (nSPS) is 10.6. The van der Waals surface area contributed by atoms with Crippen molar-refractivity contribution >= 4 is 12.1 Å². The first kappa shape index (κ1) is 14.6. The van der Waals surface area contributed by atoms with Gasteiger partial charge in [-0.2, -0.15) is 5.10 Å². The largest absolute Gasteiger partial charge is 0.504 e. The Morgan fingerprint density at radius 1 is 1.29 bits per heavy atom. The Hall–Kier alpha value is -2.82. The van der Waals surface area contributed by atoms with Crippen molar-refractivity contribution in [2.75, 3.05) is 7.11 Å². The number of aryl methyl sites for hydroxylation is 1. The third-order valence-electron chi connectivity index (χ3n) is 2.86. The minimum atomic E-state index is -0.285. The maximum Gasteiger partial charge on any atom is 0.271 e. The molecule has 5 heteroatoms. The van der Waals surface area contributed by atoms with Crippen molar-refractivity contribution in [1.29, 1.82) is 0 Å². The molecule has 5 nitrogen and oxygen atoms in total. The summed E-state index contributed by atoms with van der Waals surface area (Å²) in [5.74, 6) is 0.120. The van der Waals surface area contributed by atoms with Crippen LogP contribution in [0.4, 0.5) is 0 Å². The lowest BCUT2D eigenvalue weighted by atomic mass is 10.1. The van der Waals surface area contributed by atoms with Gasteiger partial charge in [0.2, 0.25) is 0 Å². The number of hydrogen-bond donors (Lipinski definition) is 2. The molecule has 0 unspecified atom stereocenters. The highest BCUT2D eigenvalue weighted by Gasteiger charge is 2.04. The van der Waals surface area contributed by atoms with Crippen LogP contribution in [0.15, 0.2) is 47.6 Å². The predicted octanol–water partition coefficient (Wildman–Crippen LogP) is 2.47. The van der Waals surface area contributed by atoms with E-state index < -0.39 is 0 Å². The molecule has 2 aromatic carbocycles. The molecule has 0 aliphatic heterocycles. The number of aromatic hydroxyl groups is 1. The van der Waals surface area contributed by atoms with E-state index in [9.17, 15) is 9.90 Å². The molecule has 0 saturated carbocycles. The lowest BCUT2D eigenvalue weighted by Gasteiger charge is -2.03. The molecule has 0 fully saturated rings. The average molecular weight is 284 g/mol. The van der Waals surface area contributed by atoms with Crippen LogP contribution in [0.1, 0.15) is 21.5 Å². The summed E-state index contributed by atoms with van der Waals surface area (Å²) in [7, 11) is 1.48. The van der Waals surface area contributed by atoms with Gasteiger partial charge in [-0.25, -0.2) is 5.43 Å². The molecule has 0 spiro atoms. The van der Waals surface area contributed by atoms with Gasteiger partial charge >= 0.3 is 0 Å². The van der Waals surface area contributed by atoms with Gasteiger partial charge in [0.15, 0.2) is 11.5 Å². The second-order valence-corrected chi connectivity index (χ2v) is 4.50. The van der Waals surface area contributed by atoms with Crippen LogP contribution in [-0.2, 0) is 0 Å². The zero-order valence-corrected chi connectivity index (χ0v) is 11.8. The van der Waals surface area contributed by atoms with Gasteiger partial charge in [-0.15, -0.1) is 0 Å². The number of carbonyl (C=O) groups excluding carboxylic acids is 1. The Morgan fingerprint density at radius 2 is 2.10 bits per heavy atom. The van der Waals surface area contributed by atoms with Crippen LogP contribution in [0.5, 0.6) is 11.5 Å². The highest BCUT2D eigenvalue weighted by molar-refractivity contribution is 5.95. The Bertz CT molecular complexity index is 681. The number of methoxy groups -OCH3 is 1. The van der Waals surface area contributed by atoms with Crippen LogP contribution in [0, 0.1) is 6.92 Å². The number of nitrogens with one attached hydrogen (secondary N) is 1. The summed E-state index contributed by atoms with van der Waals surface area (Å²) in [4.78, 5) is 11.9. The van der Waals surface area contributed by atoms with Gasteiger partial charge < -0.3 is 9.84 Å². The Labute approximate surface area is 122 Å². The van der Waals surface area contributed by atoms with Crippen LogP contribution in [0.25, 0.3) is 0 Å². The lowest BCUT2D eigenvalue weighted by Crippen LogP contribution is -2.17. The second kappa shape index (κ2) is 6.56. The standard InChI is InChI=1S/C16H16N2O3/c1-11-4-3-5-13(8-11)16(20)18-17-10-12-6-7-15(21-2)14(19)9-12/h3-10,19H,1-2H3,(H,18,20)/b17-10-. The first-order valence-corrected chi connectivity index (χ1v) is 6.37. The fourth-order valence-electron chi connectivity index (χ4n) is 1.80. The van der Waals surface area contributed by atoms with Crippen molar-refractivity contribution in [3.05, 3.63) is 59.2 Å². The van der Waals surface area contributed by atoms with E-state index >= 15 is 0 Å². The van der Waals surface area contributed by atoms with Crippen molar-refractivity contribution < 1.29 is 14.6 Å². The van der Waals surface area contributed by atoms with Crippen molar-refractivity contribution in [1.82, 2.24) is 5.43 Å². The molecule has 0 radical (unpaired) electrons. The summed E-state index contributed by atoms with van der Waals surface area (Å²) >= 11 is 0. The van der Waals surface area contributed by atoms with E-state index in [1.165, 1.54) is 19.4 Å². The number of phenolic OH excluding ortho intramolecular Hbond substituents is 1. The number of phenols is 1. The molecule has 0 bridgehead atoms. The molecular weight excluding hydrogens is 268 g/mol. The van der Waals surface area contributed by atoms with E-state index in [2.05, 4.69) is 10.5 Å². The first-order valence-electron chi connectivity index (χ1n) is 6.37. The van der Waals surface area contributed by atoms with Crippen LogP contribution in [0.2, 0.25) is 0 Å². The Balaban J connectivity index is 2.02. The quantitative estimate of drug-likeness (QED) is 0.669.